The highest BCUT2D eigenvalue weighted by atomic mass is 16.4. The molecular weight excluding hydrogens is 212 g/mol. The number of carboxylic acids is 1. The van der Waals surface area contributed by atoms with Crippen molar-refractivity contribution in [2.75, 3.05) is 13.1 Å². The van der Waals surface area contributed by atoms with E-state index in [0.717, 1.165) is 4.90 Å². The summed E-state index contributed by atoms with van der Waals surface area (Å²) in [5.74, 6) is -1.09. The maximum Gasteiger partial charge on any atom is 0.326 e. The van der Waals surface area contributed by atoms with Gasteiger partial charge in [-0.15, -0.1) is 6.58 Å². The van der Waals surface area contributed by atoms with Gasteiger partial charge in [0.1, 0.15) is 6.04 Å². The predicted molar refractivity (Wildman–Crippen MR) is 57.0 cm³/mol. The number of nitrogens with zero attached hydrogens (tertiary/aromatic N) is 1. The molecule has 90 valence electrons. The Balaban J connectivity index is 2.53. The van der Waals surface area contributed by atoms with Gasteiger partial charge in [0, 0.05) is 19.5 Å². The van der Waals surface area contributed by atoms with E-state index in [1.807, 2.05) is 0 Å². The first kappa shape index (κ1) is 12.5. The van der Waals surface area contributed by atoms with Crippen molar-refractivity contribution in [3.8, 4) is 0 Å². The molecule has 0 radical (unpaired) electrons. The minimum atomic E-state index is -1.09. The molecule has 6 nitrogen and oxygen atoms in total. The first-order chi connectivity index (χ1) is 7.56. The minimum absolute atomic E-state index is 0.0664. The number of nitrogens with one attached hydrogen (secondary N) is 1. The third-order valence-corrected chi connectivity index (χ3v) is 2.45. The van der Waals surface area contributed by atoms with E-state index in [2.05, 4.69) is 11.9 Å². The molecule has 1 fully saturated rings. The fraction of sp³-hybridized carbons (Fsp3) is 0.600. The number of aliphatic carboxylic acids is 1. The van der Waals surface area contributed by atoms with E-state index < -0.39 is 24.1 Å². The second kappa shape index (κ2) is 5.50. The number of hydrogen-bond donors (Lipinski definition) is 3. The van der Waals surface area contributed by atoms with Gasteiger partial charge in [-0.05, 0) is 6.42 Å². The predicted octanol–water partition coefficient (Wildman–Crippen LogP) is -0.208. The monoisotopic (exact) mass is 228 g/mol. The number of carbonyl (C=O) groups excluding carboxylic acids is 1. The molecule has 16 heavy (non-hydrogen) atoms. The van der Waals surface area contributed by atoms with Gasteiger partial charge in [0.05, 0.1) is 6.10 Å². The molecule has 1 heterocycles. The van der Waals surface area contributed by atoms with Crippen molar-refractivity contribution in [3.05, 3.63) is 12.7 Å². The molecule has 1 saturated heterocycles. The number of hydrogen-bond acceptors (Lipinski definition) is 3. The van der Waals surface area contributed by atoms with Crippen molar-refractivity contribution < 1.29 is 19.8 Å². The summed E-state index contributed by atoms with van der Waals surface area (Å²) in [5.41, 5.74) is 0. The molecule has 0 aliphatic carbocycles. The highest BCUT2D eigenvalue weighted by molar-refractivity contribution is 5.83. The third-order valence-electron chi connectivity index (χ3n) is 2.45. The highest BCUT2D eigenvalue weighted by Crippen LogP contribution is 2.17. The van der Waals surface area contributed by atoms with Gasteiger partial charge in [-0.25, -0.2) is 9.59 Å². The fourth-order valence-corrected chi connectivity index (χ4v) is 1.66. The van der Waals surface area contributed by atoms with Crippen LogP contribution in [0.5, 0.6) is 0 Å². The van der Waals surface area contributed by atoms with E-state index in [4.69, 9.17) is 5.11 Å². The van der Waals surface area contributed by atoms with Crippen molar-refractivity contribution in [3.63, 3.8) is 0 Å². The van der Waals surface area contributed by atoms with E-state index in [-0.39, 0.29) is 13.0 Å². The number of carboxylic acid groups (broad SMARTS) is 1. The van der Waals surface area contributed by atoms with Crippen molar-refractivity contribution in [1.82, 2.24) is 10.2 Å². The first-order valence-electron chi connectivity index (χ1n) is 5.12. The Kier molecular flexibility index (Phi) is 4.30. The molecule has 0 aromatic carbocycles. The maximum atomic E-state index is 11.6. The zero-order valence-electron chi connectivity index (χ0n) is 8.93. The van der Waals surface area contributed by atoms with Gasteiger partial charge >= 0.3 is 12.0 Å². The number of urea groups is 1. The van der Waals surface area contributed by atoms with Gasteiger partial charge in [0.25, 0.3) is 0 Å². The lowest BCUT2D eigenvalue weighted by atomic mass is 10.2. The number of likely N-dealkylation sites (tertiary alicyclic amines) is 1. The molecule has 2 atom stereocenters. The van der Waals surface area contributed by atoms with Crippen molar-refractivity contribution in [2.45, 2.75) is 25.0 Å². The summed E-state index contributed by atoms with van der Waals surface area (Å²) >= 11 is 0. The number of rotatable bonds is 4. The molecule has 1 aliphatic heterocycles. The average molecular weight is 228 g/mol. The molecule has 0 aromatic heterocycles. The zero-order valence-corrected chi connectivity index (χ0v) is 8.93. The van der Waals surface area contributed by atoms with Gasteiger partial charge in [0.2, 0.25) is 0 Å². The molecule has 0 saturated carbocycles. The Labute approximate surface area is 93.5 Å². The zero-order chi connectivity index (χ0) is 12.1. The van der Waals surface area contributed by atoms with Crippen LogP contribution in [-0.4, -0.2) is 52.3 Å². The van der Waals surface area contributed by atoms with Gasteiger partial charge < -0.3 is 20.4 Å². The summed E-state index contributed by atoms with van der Waals surface area (Å²) in [4.78, 5) is 23.6. The van der Waals surface area contributed by atoms with Crippen LogP contribution in [0.4, 0.5) is 4.79 Å². The SMILES string of the molecule is C=CCCNC(=O)N1CC(O)CC1C(=O)O. The van der Waals surface area contributed by atoms with Crippen LogP contribution in [0.1, 0.15) is 12.8 Å². The third kappa shape index (κ3) is 2.96. The van der Waals surface area contributed by atoms with Crippen molar-refractivity contribution in [1.29, 1.82) is 0 Å². The Bertz CT molecular complexity index is 293. The first-order valence-corrected chi connectivity index (χ1v) is 5.12. The Morgan fingerprint density at radius 2 is 2.25 bits per heavy atom. The maximum absolute atomic E-state index is 11.6. The smallest absolute Gasteiger partial charge is 0.326 e. The molecular formula is C10H16N2O4. The van der Waals surface area contributed by atoms with E-state index in [1.54, 1.807) is 6.08 Å². The van der Waals surface area contributed by atoms with Crippen LogP contribution >= 0.6 is 0 Å². The summed E-state index contributed by atoms with van der Waals surface area (Å²) in [6.45, 7) is 4.00. The molecule has 1 rings (SSSR count). The van der Waals surface area contributed by atoms with E-state index in [1.165, 1.54) is 0 Å². The molecule has 2 amide bonds. The molecule has 0 spiro atoms. The number of β-amino-alcohol motifs (C(OH)–C–C–N with tert-alkyl or cyclic N) is 1. The fourth-order valence-electron chi connectivity index (χ4n) is 1.66. The Morgan fingerprint density at radius 1 is 1.56 bits per heavy atom. The standard InChI is InChI=1S/C10H16N2O4/c1-2-3-4-11-10(16)12-6-7(13)5-8(12)9(14)15/h2,7-8,13H,1,3-6H2,(H,11,16)(H,14,15). The van der Waals surface area contributed by atoms with Crippen LogP contribution in [0.25, 0.3) is 0 Å². The number of aliphatic hydroxyl groups excluding tert-OH is 1. The summed E-state index contributed by atoms with van der Waals surface area (Å²) in [6, 6.07) is -1.38. The van der Waals surface area contributed by atoms with Crippen LogP contribution < -0.4 is 5.32 Å². The Morgan fingerprint density at radius 3 is 2.81 bits per heavy atom. The normalized spacial score (nSPS) is 24.2. The second-order valence-electron chi connectivity index (χ2n) is 3.71. The number of aliphatic hydroxyl groups is 1. The summed E-state index contributed by atoms with van der Waals surface area (Å²) in [7, 11) is 0. The topological polar surface area (TPSA) is 89.9 Å². The minimum Gasteiger partial charge on any atom is -0.480 e. The van der Waals surface area contributed by atoms with Crippen LogP contribution in [0, 0.1) is 0 Å². The van der Waals surface area contributed by atoms with Crippen LogP contribution in [-0.2, 0) is 4.79 Å². The molecule has 0 bridgehead atoms. The lowest BCUT2D eigenvalue weighted by molar-refractivity contribution is -0.141. The van der Waals surface area contributed by atoms with Gasteiger partial charge in [0.15, 0.2) is 0 Å². The summed E-state index contributed by atoms with van der Waals surface area (Å²) in [5, 5.41) is 20.8. The van der Waals surface area contributed by atoms with E-state index >= 15 is 0 Å². The average Bonchev–Trinajstić information content (AvgIpc) is 2.61. The molecule has 6 heteroatoms. The van der Waals surface area contributed by atoms with E-state index in [0.29, 0.717) is 13.0 Å². The van der Waals surface area contributed by atoms with Crippen molar-refractivity contribution >= 4 is 12.0 Å². The highest BCUT2D eigenvalue weighted by Gasteiger charge is 2.38. The molecule has 1 aliphatic rings. The second-order valence-corrected chi connectivity index (χ2v) is 3.71. The molecule has 0 aromatic rings. The molecule has 3 N–H and O–H groups in total. The van der Waals surface area contributed by atoms with Gasteiger partial charge in [-0.2, -0.15) is 0 Å². The molecule has 2 unspecified atom stereocenters. The number of amides is 2. The van der Waals surface area contributed by atoms with Crippen molar-refractivity contribution in [2.24, 2.45) is 0 Å². The van der Waals surface area contributed by atoms with Gasteiger partial charge in [-0.3, -0.25) is 0 Å². The van der Waals surface area contributed by atoms with Crippen LogP contribution in [0.3, 0.4) is 0 Å². The lowest BCUT2D eigenvalue weighted by Crippen LogP contribution is -2.46. The largest absolute Gasteiger partial charge is 0.480 e. The Hall–Kier alpha value is -1.56. The van der Waals surface area contributed by atoms with E-state index in [9.17, 15) is 14.7 Å². The van der Waals surface area contributed by atoms with Crippen LogP contribution in [0.15, 0.2) is 12.7 Å². The number of carbonyl (C=O) groups is 2. The lowest BCUT2D eigenvalue weighted by Gasteiger charge is -2.21. The summed E-state index contributed by atoms with van der Waals surface area (Å²) < 4.78 is 0. The quantitative estimate of drug-likeness (QED) is 0.459. The summed E-state index contributed by atoms with van der Waals surface area (Å²) in [6.07, 6.45) is 1.61. The van der Waals surface area contributed by atoms with Crippen LogP contribution in [0.2, 0.25) is 0 Å². The van der Waals surface area contributed by atoms with Gasteiger partial charge in [-0.1, -0.05) is 6.08 Å².